The zero-order valence-electron chi connectivity index (χ0n) is 10.2. The molecule has 0 aliphatic heterocycles. The molecule has 20 heavy (non-hydrogen) atoms. The summed E-state index contributed by atoms with van der Waals surface area (Å²) in [4.78, 5) is 21.4. The number of ether oxygens (including phenoxy) is 1. The van der Waals surface area contributed by atoms with E-state index in [1.54, 1.807) is 0 Å². The molecular weight excluding hydrogens is 283 g/mol. The van der Waals surface area contributed by atoms with Crippen molar-refractivity contribution in [2.24, 2.45) is 0 Å². The second-order valence-corrected chi connectivity index (χ2v) is 3.69. The predicted molar refractivity (Wildman–Crippen MR) is 58.7 cm³/mol. The molecule has 0 aromatic carbocycles. The number of aliphatic carboxylic acids is 1. The van der Waals surface area contributed by atoms with Gasteiger partial charge < -0.3 is 15.2 Å². The number of carbonyl (C=O) groups excluding carboxylic acids is 1. The number of carbonyl (C=O) groups is 2. The fourth-order valence-corrected chi connectivity index (χ4v) is 1.23. The Morgan fingerprint density at radius 3 is 2.70 bits per heavy atom. The molecule has 0 saturated heterocycles. The molecule has 1 aromatic rings. The monoisotopic (exact) mass is 295 g/mol. The lowest BCUT2D eigenvalue weighted by atomic mass is 10.4. The van der Waals surface area contributed by atoms with Crippen molar-refractivity contribution in [3.8, 4) is 0 Å². The van der Waals surface area contributed by atoms with Gasteiger partial charge in [-0.3, -0.25) is 9.48 Å². The van der Waals surface area contributed by atoms with Crippen LogP contribution in [0.3, 0.4) is 0 Å². The summed E-state index contributed by atoms with van der Waals surface area (Å²) in [6, 6.07) is 0.767. The maximum Gasteiger partial charge on any atom is 0.435 e. The molecule has 0 unspecified atom stereocenters. The van der Waals surface area contributed by atoms with Crippen LogP contribution in [0.1, 0.15) is 5.69 Å². The van der Waals surface area contributed by atoms with Crippen molar-refractivity contribution in [1.82, 2.24) is 15.1 Å². The molecule has 0 spiro atoms. The van der Waals surface area contributed by atoms with Crippen LogP contribution in [0, 0.1) is 0 Å². The lowest BCUT2D eigenvalue weighted by Gasteiger charge is -2.05. The summed E-state index contributed by atoms with van der Waals surface area (Å²) >= 11 is 0. The van der Waals surface area contributed by atoms with Crippen molar-refractivity contribution in [2.75, 3.05) is 19.8 Å². The Bertz CT molecular complexity index is 473. The van der Waals surface area contributed by atoms with Crippen LogP contribution in [-0.4, -0.2) is 46.5 Å². The molecular formula is C10H12F3N3O4. The fourth-order valence-electron chi connectivity index (χ4n) is 1.23. The minimum atomic E-state index is -4.55. The summed E-state index contributed by atoms with van der Waals surface area (Å²) in [6.45, 7) is -0.802. The van der Waals surface area contributed by atoms with Crippen molar-refractivity contribution in [1.29, 1.82) is 0 Å². The molecule has 10 heteroatoms. The minimum absolute atomic E-state index is 0.00898. The molecule has 0 saturated carbocycles. The fraction of sp³-hybridized carbons (Fsp3) is 0.500. The Hall–Kier alpha value is -2.10. The van der Waals surface area contributed by atoms with E-state index in [1.165, 1.54) is 0 Å². The van der Waals surface area contributed by atoms with Crippen LogP contribution in [0.5, 0.6) is 0 Å². The van der Waals surface area contributed by atoms with Gasteiger partial charge in [0, 0.05) is 12.7 Å². The van der Waals surface area contributed by atoms with Crippen LogP contribution in [0.25, 0.3) is 0 Å². The number of amides is 1. The van der Waals surface area contributed by atoms with Crippen molar-refractivity contribution in [2.45, 2.75) is 12.7 Å². The summed E-state index contributed by atoms with van der Waals surface area (Å²) in [5, 5.41) is 13.8. The Morgan fingerprint density at radius 2 is 2.15 bits per heavy atom. The molecule has 0 atom stereocenters. The van der Waals surface area contributed by atoms with Crippen LogP contribution in [0.15, 0.2) is 12.3 Å². The Balaban J connectivity index is 2.29. The van der Waals surface area contributed by atoms with Gasteiger partial charge in [-0.2, -0.15) is 18.3 Å². The Morgan fingerprint density at radius 1 is 1.45 bits per heavy atom. The number of hydrogen-bond donors (Lipinski definition) is 2. The molecule has 0 aliphatic rings. The third-order valence-corrected chi connectivity index (χ3v) is 2.03. The topological polar surface area (TPSA) is 93.5 Å². The van der Waals surface area contributed by atoms with E-state index < -0.39 is 30.4 Å². The lowest BCUT2D eigenvalue weighted by Crippen LogP contribution is -2.31. The number of halogens is 3. The zero-order chi connectivity index (χ0) is 15.2. The van der Waals surface area contributed by atoms with Gasteiger partial charge in [0.05, 0.1) is 6.61 Å². The lowest BCUT2D eigenvalue weighted by molar-refractivity contribution is -0.142. The first kappa shape index (κ1) is 16.0. The van der Waals surface area contributed by atoms with E-state index in [-0.39, 0.29) is 19.7 Å². The standard InChI is InChI=1S/C10H12F3N3O4/c11-10(12,13)7-1-3-16(15-7)5-8(17)14-2-4-20-6-9(18)19/h1,3H,2,4-6H2,(H,14,17)(H,18,19). The number of alkyl halides is 3. The smallest absolute Gasteiger partial charge is 0.435 e. The maximum absolute atomic E-state index is 12.3. The highest BCUT2D eigenvalue weighted by Crippen LogP contribution is 2.27. The van der Waals surface area contributed by atoms with Gasteiger partial charge in [-0.05, 0) is 6.07 Å². The van der Waals surface area contributed by atoms with Gasteiger partial charge >= 0.3 is 12.1 Å². The summed E-state index contributed by atoms with van der Waals surface area (Å²) in [5.74, 6) is -1.69. The summed E-state index contributed by atoms with van der Waals surface area (Å²) in [5.41, 5.74) is -1.07. The highest BCUT2D eigenvalue weighted by Gasteiger charge is 2.33. The number of nitrogens with zero attached hydrogens (tertiary/aromatic N) is 2. The van der Waals surface area contributed by atoms with Crippen molar-refractivity contribution in [3.63, 3.8) is 0 Å². The number of carboxylic acids is 1. The van der Waals surface area contributed by atoms with E-state index in [4.69, 9.17) is 5.11 Å². The van der Waals surface area contributed by atoms with Gasteiger partial charge in [-0.1, -0.05) is 0 Å². The van der Waals surface area contributed by atoms with E-state index in [0.717, 1.165) is 16.9 Å². The average molecular weight is 295 g/mol. The van der Waals surface area contributed by atoms with Gasteiger partial charge in [-0.15, -0.1) is 0 Å². The van der Waals surface area contributed by atoms with Crippen LogP contribution in [0.4, 0.5) is 13.2 Å². The molecule has 112 valence electrons. The Labute approximate surface area is 111 Å². The van der Waals surface area contributed by atoms with Crippen LogP contribution in [-0.2, 0) is 27.0 Å². The molecule has 0 fully saturated rings. The van der Waals surface area contributed by atoms with Gasteiger partial charge in [0.1, 0.15) is 13.2 Å². The van der Waals surface area contributed by atoms with Crippen LogP contribution < -0.4 is 5.32 Å². The average Bonchev–Trinajstić information content (AvgIpc) is 2.76. The van der Waals surface area contributed by atoms with E-state index in [9.17, 15) is 22.8 Å². The summed E-state index contributed by atoms with van der Waals surface area (Å²) < 4.78 is 42.3. The highest BCUT2D eigenvalue weighted by atomic mass is 19.4. The van der Waals surface area contributed by atoms with E-state index in [0.29, 0.717) is 0 Å². The molecule has 1 amide bonds. The molecule has 7 nitrogen and oxygen atoms in total. The molecule has 2 N–H and O–H groups in total. The third kappa shape index (κ3) is 5.69. The van der Waals surface area contributed by atoms with Gasteiger partial charge in [0.15, 0.2) is 5.69 Å². The number of carboxylic acid groups (broad SMARTS) is 1. The first-order chi connectivity index (χ1) is 9.29. The molecule has 0 bridgehead atoms. The van der Waals surface area contributed by atoms with Crippen LogP contribution in [0.2, 0.25) is 0 Å². The van der Waals surface area contributed by atoms with Crippen molar-refractivity contribution < 1.29 is 32.6 Å². The second kappa shape index (κ2) is 6.89. The molecule has 0 radical (unpaired) electrons. The number of hydrogen-bond acceptors (Lipinski definition) is 4. The first-order valence-corrected chi connectivity index (χ1v) is 5.46. The SMILES string of the molecule is O=C(O)COCCNC(=O)Cn1ccc(C(F)(F)F)n1. The first-order valence-electron chi connectivity index (χ1n) is 5.46. The van der Waals surface area contributed by atoms with E-state index in [2.05, 4.69) is 15.2 Å². The number of aromatic nitrogens is 2. The molecule has 1 aromatic heterocycles. The molecule has 1 rings (SSSR count). The third-order valence-electron chi connectivity index (χ3n) is 2.03. The maximum atomic E-state index is 12.3. The zero-order valence-corrected chi connectivity index (χ0v) is 10.2. The van der Waals surface area contributed by atoms with Gasteiger partial charge in [0.2, 0.25) is 5.91 Å². The summed E-state index contributed by atoms with van der Waals surface area (Å²) in [7, 11) is 0. The second-order valence-electron chi connectivity index (χ2n) is 3.69. The van der Waals surface area contributed by atoms with Gasteiger partial charge in [0.25, 0.3) is 0 Å². The Kier molecular flexibility index (Phi) is 5.50. The minimum Gasteiger partial charge on any atom is -0.480 e. The number of rotatable bonds is 7. The number of nitrogens with one attached hydrogen (secondary N) is 1. The van der Waals surface area contributed by atoms with E-state index >= 15 is 0 Å². The van der Waals surface area contributed by atoms with Gasteiger partial charge in [-0.25, -0.2) is 4.79 Å². The predicted octanol–water partition coefficient (Wildman–Crippen LogP) is 0.119. The molecule has 1 heterocycles. The largest absolute Gasteiger partial charge is 0.480 e. The molecule has 0 aliphatic carbocycles. The normalized spacial score (nSPS) is 11.3. The quantitative estimate of drug-likeness (QED) is 0.697. The highest BCUT2D eigenvalue weighted by molar-refractivity contribution is 5.75. The van der Waals surface area contributed by atoms with Crippen LogP contribution >= 0.6 is 0 Å². The van der Waals surface area contributed by atoms with E-state index in [1.807, 2.05) is 0 Å². The summed E-state index contributed by atoms with van der Waals surface area (Å²) in [6.07, 6.45) is -3.50. The van der Waals surface area contributed by atoms with Crippen molar-refractivity contribution in [3.05, 3.63) is 18.0 Å². The van der Waals surface area contributed by atoms with Crippen molar-refractivity contribution >= 4 is 11.9 Å².